The number of alkyl halides is 1. The fourth-order valence-electron chi connectivity index (χ4n) is 3.11. The van der Waals surface area contributed by atoms with E-state index in [1.807, 2.05) is 18.7 Å². The molecule has 0 saturated carbocycles. The van der Waals surface area contributed by atoms with Crippen LogP contribution in [0.5, 0.6) is 0 Å². The van der Waals surface area contributed by atoms with Gasteiger partial charge in [-0.25, -0.2) is 9.18 Å². The van der Waals surface area contributed by atoms with Gasteiger partial charge in [0.2, 0.25) is 0 Å². The van der Waals surface area contributed by atoms with Crippen molar-refractivity contribution in [1.29, 1.82) is 0 Å². The molecule has 1 saturated heterocycles. The number of carbonyl (C=O) groups is 1. The molecule has 8 heteroatoms. The van der Waals surface area contributed by atoms with E-state index < -0.39 is 6.17 Å². The quantitative estimate of drug-likeness (QED) is 0.835. The van der Waals surface area contributed by atoms with Crippen molar-refractivity contribution in [2.45, 2.75) is 45.6 Å². The lowest BCUT2D eigenvalue weighted by molar-refractivity contribution is 0.218. The number of aryl methyl sites for hydroxylation is 2. The van der Waals surface area contributed by atoms with Gasteiger partial charge in [0.15, 0.2) is 0 Å². The molecule has 0 spiro atoms. The summed E-state index contributed by atoms with van der Waals surface area (Å²) in [5, 5.41) is 9.51. The van der Waals surface area contributed by atoms with Crippen molar-refractivity contribution in [2.75, 3.05) is 13.1 Å². The Bertz CT molecular complexity index is 681. The number of carbonyl (C=O) groups excluding carboxylic acids is 1. The number of amides is 2. The number of nitrogens with one attached hydrogen (secondary N) is 2. The fourth-order valence-corrected chi connectivity index (χ4v) is 3.11. The monoisotopic (exact) mass is 350 g/mol. The zero-order chi connectivity index (χ0) is 17.8. The lowest BCUT2D eigenvalue weighted by Gasteiger charge is -2.24. The van der Waals surface area contributed by atoms with Gasteiger partial charge in [0, 0.05) is 43.3 Å². The average Bonchev–Trinajstić information content (AvgIpc) is 3.29. The number of likely N-dealkylation sites (tertiary alicyclic amines) is 1. The molecule has 3 rings (SSSR count). The van der Waals surface area contributed by atoms with Gasteiger partial charge in [-0.1, -0.05) is 5.16 Å². The van der Waals surface area contributed by atoms with Crippen molar-refractivity contribution in [2.24, 2.45) is 0 Å². The molecule has 1 aliphatic rings. The summed E-state index contributed by atoms with van der Waals surface area (Å²) in [6.07, 6.45) is 2.66. The zero-order valence-electron chi connectivity index (χ0n) is 14.4. The van der Waals surface area contributed by atoms with Crippen LogP contribution in [0, 0.1) is 13.8 Å². The van der Waals surface area contributed by atoms with Gasteiger partial charge in [-0.2, -0.15) is 0 Å². The minimum absolute atomic E-state index is 0.0524. The van der Waals surface area contributed by atoms with E-state index in [4.69, 9.17) is 8.94 Å². The largest absolute Gasteiger partial charge is 0.472 e. The van der Waals surface area contributed by atoms with E-state index in [0.29, 0.717) is 32.6 Å². The van der Waals surface area contributed by atoms with Crippen LogP contribution in [-0.2, 0) is 13.1 Å². The standard InChI is InChI=1S/C17H23FN4O3/c1-11-16(12(2)25-21-11)9-22-8-14(18)5-15(22)7-20-17(23)19-6-13-3-4-24-10-13/h3-4,10,14-15H,5-9H2,1-2H3,(H2,19,20,23)/t14-,15-/m0/s1. The second-order valence-electron chi connectivity index (χ2n) is 6.41. The highest BCUT2D eigenvalue weighted by atomic mass is 19.1. The zero-order valence-corrected chi connectivity index (χ0v) is 14.4. The molecule has 2 aromatic rings. The van der Waals surface area contributed by atoms with E-state index in [0.717, 1.165) is 22.6 Å². The minimum atomic E-state index is -0.888. The van der Waals surface area contributed by atoms with Crippen LogP contribution in [0.4, 0.5) is 9.18 Å². The van der Waals surface area contributed by atoms with E-state index in [-0.39, 0.29) is 12.1 Å². The van der Waals surface area contributed by atoms with Crippen LogP contribution in [-0.4, -0.2) is 41.4 Å². The molecule has 2 amide bonds. The predicted molar refractivity (Wildman–Crippen MR) is 88.6 cm³/mol. The molecule has 0 bridgehead atoms. The first-order chi connectivity index (χ1) is 12.0. The van der Waals surface area contributed by atoms with Crippen LogP contribution in [0.3, 0.4) is 0 Å². The van der Waals surface area contributed by atoms with Gasteiger partial charge >= 0.3 is 6.03 Å². The topological polar surface area (TPSA) is 83.5 Å². The van der Waals surface area contributed by atoms with Crippen LogP contribution >= 0.6 is 0 Å². The minimum Gasteiger partial charge on any atom is -0.472 e. The summed E-state index contributed by atoms with van der Waals surface area (Å²) < 4.78 is 24.0. The van der Waals surface area contributed by atoms with Crippen LogP contribution < -0.4 is 10.6 Å². The van der Waals surface area contributed by atoms with Gasteiger partial charge in [0.1, 0.15) is 11.9 Å². The number of hydrogen-bond donors (Lipinski definition) is 2. The van der Waals surface area contributed by atoms with Crippen LogP contribution in [0.2, 0.25) is 0 Å². The van der Waals surface area contributed by atoms with E-state index in [1.165, 1.54) is 0 Å². The van der Waals surface area contributed by atoms with Crippen molar-refractivity contribution >= 4 is 6.03 Å². The normalized spacial score (nSPS) is 20.8. The summed E-state index contributed by atoms with van der Waals surface area (Å²) in [6.45, 7) is 5.44. The highest BCUT2D eigenvalue weighted by Gasteiger charge is 2.33. The summed E-state index contributed by atoms with van der Waals surface area (Å²) >= 11 is 0. The summed E-state index contributed by atoms with van der Waals surface area (Å²) in [5.41, 5.74) is 2.70. The highest BCUT2D eigenvalue weighted by Crippen LogP contribution is 2.24. The Morgan fingerprint density at radius 1 is 1.44 bits per heavy atom. The molecule has 1 fully saturated rings. The molecule has 2 aromatic heterocycles. The van der Waals surface area contributed by atoms with Gasteiger partial charge in [-0.3, -0.25) is 4.90 Å². The Labute approximate surface area is 145 Å². The third-order valence-corrected chi connectivity index (χ3v) is 4.55. The van der Waals surface area contributed by atoms with Crippen molar-refractivity contribution in [3.05, 3.63) is 41.2 Å². The lowest BCUT2D eigenvalue weighted by Crippen LogP contribution is -2.43. The Morgan fingerprint density at radius 3 is 2.96 bits per heavy atom. The molecule has 0 aromatic carbocycles. The lowest BCUT2D eigenvalue weighted by atomic mass is 10.1. The van der Waals surface area contributed by atoms with E-state index in [1.54, 1.807) is 18.6 Å². The molecule has 0 radical (unpaired) electrons. The number of nitrogens with zero attached hydrogens (tertiary/aromatic N) is 2. The first kappa shape index (κ1) is 17.5. The molecular formula is C17H23FN4O3. The molecule has 3 heterocycles. The summed E-state index contributed by atoms with van der Waals surface area (Å²) in [6, 6.07) is 1.46. The second kappa shape index (κ2) is 7.69. The Morgan fingerprint density at radius 2 is 2.28 bits per heavy atom. The Hall–Kier alpha value is -2.35. The third kappa shape index (κ3) is 4.39. The van der Waals surface area contributed by atoms with Crippen molar-refractivity contribution in [3.63, 3.8) is 0 Å². The van der Waals surface area contributed by atoms with E-state index in [9.17, 15) is 9.18 Å². The SMILES string of the molecule is Cc1noc(C)c1CN1C[C@@H](F)C[C@H]1CNC(=O)NCc1ccoc1. The van der Waals surface area contributed by atoms with Gasteiger partial charge in [-0.05, 0) is 26.3 Å². The second-order valence-corrected chi connectivity index (χ2v) is 6.41. The molecule has 25 heavy (non-hydrogen) atoms. The fraction of sp³-hybridized carbons (Fsp3) is 0.529. The van der Waals surface area contributed by atoms with Gasteiger partial charge in [-0.15, -0.1) is 0 Å². The maximum absolute atomic E-state index is 13.9. The summed E-state index contributed by atoms with van der Waals surface area (Å²) in [7, 11) is 0. The van der Waals surface area contributed by atoms with Gasteiger partial charge < -0.3 is 19.6 Å². The van der Waals surface area contributed by atoms with Crippen molar-refractivity contribution in [1.82, 2.24) is 20.7 Å². The number of urea groups is 1. The number of halogens is 1. The van der Waals surface area contributed by atoms with Crippen molar-refractivity contribution in [3.8, 4) is 0 Å². The predicted octanol–water partition coefficient (Wildman–Crippen LogP) is 2.30. The van der Waals surface area contributed by atoms with E-state index >= 15 is 0 Å². The maximum atomic E-state index is 13.9. The van der Waals surface area contributed by atoms with Crippen LogP contribution in [0.25, 0.3) is 0 Å². The number of hydrogen-bond acceptors (Lipinski definition) is 5. The van der Waals surface area contributed by atoms with Crippen molar-refractivity contribution < 1.29 is 18.1 Å². The summed E-state index contributed by atoms with van der Waals surface area (Å²) in [5.74, 6) is 0.754. The van der Waals surface area contributed by atoms with Crippen LogP contribution in [0.15, 0.2) is 27.5 Å². The smallest absolute Gasteiger partial charge is 0.315 e. The van der Waals surface area contributed by atoms with E-state index in [2.05, 4.69) is 15.8 Å². The maximum Gasteiger partial charge on any atom is 0.315 e. The highest BCUT2D eigenvalue weighted by molar-refractivity contribution is 5.73. The van der Waals surface area contributed by atoms with Gasteiger partial charge in [0.05, 0.1) is 18.2 Å². The Balaban J connectivity index is 1.50. The first-order valence-electron chi connectivity index (χ1n) is 8.35. The third-order valence-electron chi connectivity index (χ3n) is 4.55. The summed E-state index contributed by atoms with van der Waals surface area (Å²) in [4.78, 5) is 14.0. The molecular weight excluding hydrogens is 327 g/mol. The molecule has 2 atom stereocenters. The molecule has 1 aliphatic heterocycles. The van der Waals surface area contributed by atoms with Crippen LogP contribution in [0.1, 0.15) is 29.0 Å². The molecule has 0 unspecified atom stereocenters. The number of rotatable bonds is 6. The number of aromatic nitrogens is 1. The number of furan rings is 1. The Kier molecular flexibility index (Phi) is 5.37. The molecule has 136 valence electrons. The molecule has 7 nitrogen and oxygen atoms in total. The molecule has 2 N–H and O–H groups in total. The molecule has 0 aliphatic carbocycles. The first-order valence-corrected chi connectivity index (χ1v) is 8.35. The van der Waals surface area contributed by atoms with Gasteiger partial charge in [0.25, 0.3) is 0 Å². The average molecular weight is 350 g/mol.